The molecule has 1 atom stereocenters. The first-order valence-electron chi connectivity index (χ1n) is 7.76. The maximum Gasteiger partial charge on any atom is 0.258 e. The van der Waals surface area contributed by atoms with Crippen LogP contribution in [0.25, 0.3) is 0 Å². The Morgan fingerprint density at radius 2 is 1.92 bits per heavy atom. The van der Waals surface area contributed by atoms with E-state index in [1.807, 2.05) is 36.1 Å². The van der Waals surface area contributed by atoms with Crippen LogP contribution in [0.3, 0.4) is 0 Å². The van der Waals surface area contributed by atoms with Gasteiger partial charge in [-0.3, -0.25) is 9.52 Å². The topological polar surface area (TPSA) is 66.5 Å². The van der Waals surface area contributed by atoms with E-state index in [1.165, 1.54) is 5.56 Å². The SMILES string of the molecule is Cc1cc(C(=O)N2c3ccccc3CC2C)ccc1NS(C)(=O)=O. The molecule has 2 aromatic carbocycles. The number of anilines is 2. The van der Waals surface area contributed by atoms with Crippen LogP contribution < -0.4 is 9.62 Å². The quantitative estimate of drug-likeness (QED) is 0.931. The van der Waals surface area contributed by atoms with E-state index in [0.717, 1.165) is 18.4 Å². The van der Waals surface area contributed by atoms with Gasteiger partial charge in [-0.05, 0) is 55.7 Å². The molecule has 1 aliphatic rings. The zero-order chi connectivity index (χ0) is 17.5. The lowest BCUT2D eigenvalue weighted by atomic mass is 10.1. The van der Waals surface area contributed by atoms with Crippen LogP contribution in [-0.2, 0) is 16.4 Å². The number of aryl methyl sites for hydroxylation is 1. The van der Waals surface area contributed by atoms with Gasteiger partial charge in [-0.2, -0.15) is 0 Å². The second-order valence-corrected chi connectivity index (χ2v) is 8.01. The van der Waals surface area contributed by atoms with E-state index < -0.39 is 10.0 Å². The van der Waals surface area contributed by atoms with Crippen LogP contribution in [-0.4, -0.2) is 26.6 Å². The molecular formula is C18H20N2O3S. The minimum Gasteiger partial charge on any atom is -0.305 e. The standard InChI is InChI=1S/C18H20N2O3S/c1-12-10-15(8-9-16(12)19-24(3,22)23)18(21)20-13(2)11-14-6-4-5-7-17(14)20/h4-10,13,19H,11H2,1-3H3. The number of benzene rings is 2. The molecule has 126 valence electrons. The number of nitrogens with one attached hydrogen (secondary N) is 1. The Labute approximate surface area is 142 Å². The molecule has 3 rings (SSSR count). The normalized spacial score (nSPS) is 16.8. The molecule has 0 radical (unpaired) electrons. The van der Waals surface area contributed by atoms with Gasteiger partial charge in [-0.1, -0.05) is 18.2 Å². The van der Waals surface area contributed by atoms with Crippen LogP contribution >= 0.6 is 0 Å². The van der Waals surface area contributed by atoms with Crippen LogP contribution in [0.2, 0.25) is 0 Å². The predicted octanol–water partition coefficient (Wildman–Crippen LogP) is 2.96. The Morgan fingerprint density at radius 1 is 1.21 bits per heavy atom. The molecule has 24 heavy (non-hydrogen) atoms. The van der Waals surface area contributed by atoms with Crippen LogP contribution in [0.15, 0.2) is 42.5 Å². The molecule has 0 aromatic heterocycles. The summed E-state index contributed by atoms with van der Waals surface area (Å²) in [6.07, 6.45) is 1.95. The van der Waals surface area contributed by atoms with E-state index in [4.69, 9.17) is 0 Å². The van der Waals surface area contributed by atoms with Gasteiger partial charge in [0.15, 0.2) is 0 Å². The second kappa shape index (κ2) is 5.94. The summed E-state index contributed by atoms with van der Waals surface area (Å²) in [5.74, 6) is -0.0681. The lowest BCUT2D eigenvalue weighted by Crippen LogP contribution is -2.35. The summed E-state index contributed by atoms with van der Waals surface area (Å²) in [6.45, 7) is 3.82. The highest BCUT2D eigenvalue weighted by Gasteiger charge is 2.31. The first kappa shape index (κ1) is 16.5. The maximum atomic E-state index is 13.0. The minimum absolute atomic E-state index is 0.0681. The number of para-hydroxylation sites is 1. The molecule has 1 heterocycles. The molecule has 1 unspecified atom stereocenters. The van der Waals surface area contributed by atoms with Crippen molar-refractivity contribution in [2.24, 2.45) is 0 Å². The van der Waals surface area contributed by atoms with E-state index in [1.54, 1.807) is 25.1 Å². The molecule has 0 spiro atoms. The summed E-state index contributed by atoms with van der Waals surface area (Å²) < 4.78 is 25.2. The fraction of sp³-hybridized carbons (Fsp3) is 0.278. The highest BCUT2D eigenvalue weighted by molar-refractivity contribution is 7.92. The fourth-order valence-electron chi connectivity index (χ4n) is 3.13. The maximum absolute atomic E-state index is 13.0. The number of hydrogen-bond acceptors (Lipinski definition) is 3. The molecule has 0 bridgehead atoms. The van der Waals surface area contributed by atoms with Crippen molar-refractivity contribution in [1.29, 1.82) is 0 Å². The predicted molar refractivity (Wildman–Crippen MR) is 96.1 cm³/mol. The van der Waals surface area contributed by atoms with Gasteiger partial charge in [-0.15, -0.1) is 0 Å². The van der Waals surface area contributed by atoms with Gasteiger partial charge in [0.1, 0.15) is 0 Å². The molecule has 6 heteroatoms. The van der Waals surface area contributed by atoms with E-state index in [2.05, 4.69) is 4.72 Å². The largest absolute Gasteiger partial charge is 0.305 e. The molecule has 2 aromatic rings. The number of amides is 1. The zero-order valence-corrected chi connectivity index (χ0v) is 14.7. The van der Waals surface area contributed by atoms with Crippen LogP contribution in [0.4, 0.5) is 11.4 Å². The third-order valence-corrected chi connectivity index (χ3v) is 4.79. The smallest absolute Gasteiger partial charge is 0.258 e. The number of nitrogens with zero attached hydrogens (tertiary/aromatic N) is 1. The van der Waals surface area contributed by atoms with Crippen LogP contribution in [0.1, 0.15) is 28.4 Å². The Bertz CT molecular complexity index is 906. The number of carbonyl (C=O) groups excluding carboxylic acids is 1. The average Bonchev–Trinajstić information content (AvgIpc) is 2.83. The Hall–Kier alpha value is -2.34. The molecular weight excluding hydrogens is 324 g/mol. The van der Waals surface area contributed by atoms with Crippen molar-refractivity contribution in [3.63, 3.8) is 0 Å². The summed E-state index contributed by atoms with van der Waals surface area (Å²) in [5.41, 5.74) is 3.88. The zero-order valence-electron chi connectivity index (χ0n) is 13.9. The van der Waals surface area contributed by atoms with Crippen molar-refractivity contribution in [3.05, 3.63) is 59.2 Å². The van der Waals surface area contributed by atoms with Crippen molar-refractivity contribution in [1.82, 2.24) is 0 Å². The van der Waals surface area contributed by atoms with Gasteiger partial charge in [0.2, 0.25) is 10.0 Å². The Balaban J connectivity index is 1.92. The third-order valence-electron chi connectivity index (χ3n) is 4.19. The van der Waals surface area contributed by atoms with Crippen LogP contribution in [0, 0.1) is 6.92 Å². The molecule has 1 aliphatic heterocycles. The van der Waals surface area contributed by atoms with E-state index in [9.17, 15) is 13.2 Å². The molecule has 0 saturated heterocycles. The number of hydrogen-bond donors (Lipinski definition) is 1. The number of fused-ring (bicyclic) bond motifs is 1. The minimum atomic E-state index is -3.34. The summed E-state index contributed by atoms with van der Waals surface area (Å²) in [5, 5.41) is 0. The molecule has 5 nitrogen and oxygen atoms in total. The highest BCUT2D eigenvalue weighted by Crippen LogP contribution is 2.33. The molecule has 1 amide bonds. The first-order valence-corrected chi connectivity index (χ1v) is 9.65. The van der Waals surface area contributed by atoms with Gasteiger partial charge in [0.05, 0.1) is 11.9 Å². The number of carbonyl (C=O) groups is 1. The van der Waals surface area contributed by atoms with Gasteiger partial charge in [0.25, 0.3) is 5.91 Å². The summed E-state index contributed by atoms with van der Waals surface area (Å²) in [6, 6.07) is 13.0. The van der Waals surface area contributed by atoms with Gasteiger partial charge in [-0.25, -0.2) is 8.42 Å². The van der Waals surface area contributed by atoms with E-state index in [-0.39, 0.29) is 11.9 Å². The van der Waals surface area contributed by atoms with E-state index in [0.29, 0.717) is 16.8 Å². The molecule has 0 fully saturated rings. The van der Waals surface area contributed by atoms with Crippen molar-refractivity contribution < 1.29 is 13.2 Å². The van der Waals surface area contributed by atoms with Crippen molar-refractivity contribution in [2.45, 2.75) is 26.3 Å². The van der Waals surface area contributed by atoms with Gasteiger partial charge in [0, 0.05) is 17.3 Å². The Kier molecular flexibility index (Phi) is 4.09. The monoisotopic (exact) mass is 344 g/mol. The highest BCUT2D eigenvalue weighted by atomic mass is 32.2. The summed E-state index contributed by atoms with van der Waals surface area (Å²) >= 11 is 0. The lowest BCUT2D eigenvalue weighted by Gasteiger charge is -2.23. The fourth-order valence-corrected chi connectivity index (χ4v) is 3.75. The van der Waals surface area contributed by atoms with E-state index >= 15 is 0 Å². The summed E-state index contributed by atoms with van der Waals surface area (Å²) in [7, 11) is -3.34. The van der Waals surface area contributed by atoms with Gasteiger partial charge < -0.3 is 4.90 Å². The number of rotatable bonds is 3. The van der Waals surface area contributed by atoms with Crippen molar-refractivity contribution in [2.75, 3.05) is 15.9 Å². The second-order valence-electron chi connectivity index (χ2n) is 6.26. The van der Waals surface area contributed by atoms with Gasteiger partial charge >= 0.3 is 0 Å². The first-order chi connectivity index (χ1) is 11.3. The molecule has 0 aliphatic carbocycles. The lowest BCUT2D eigenvalue weighted by molar-refractivity contribution is 0.0981. The molecule has 1 N–H and O–H groups in total. The van der Waals surface area contributed by atoms with Crippen molar-refractivity contribution in [3.8, 4) is 0 Å². The van der Waals surface area contributed by atoms with Crippen LogP contribution in [0.5, 0.6) is 0 Å². The average molecular weight is 344 g/mol. The molecule has 0 saturated carbocycles. The third kappa shape index (κ3) is 3.14. The summed E-state index contributed by atoms with van der Waals surface area (Å²) in [4.78, 5) is 14.8. The van der Waals surface area contributed by atoms with Crippen molar-refractivity contribution >= 4 is 27.3 Å². The Morgan fingerprint density at radius 3 is 2.58 bits per heavy atom. The number of sulfonamides is 1.